The van der Waals surface area contributed by atoms with E-state index in [1.807, 2.05) is 24.3 Å². The molecular formula is C16H16ClNO2. The zero-order valence-electron chi connectivity index (χ0n) is 11.5. The Bertz CT molecular complexity index is 596. The molecule has 0 aliphatic heterocycles. The molecule has 104 valence electrons. The van der Waals surface area contributed by atoms with E-state index in [9.17, 15) is 4.79 Å². The van der Waals surface area contributed by atoms with Gasteiger partial charge in [-0.15, -0.1) is 0 Å². The number of carbonyl (C=O) groups excluding carboxylic acids is 1. The summed E-state index contributed by atoms with van der Waals surface area (Å²) < 4.78 is 5.29. The molecule has 2 aromatic rings. The van der Waals surface area contributed by atoms with Crippen LogP contribution in [0, 0.1) is 0 Å². The average molecular weight is 290 g/mol. The first-order valence-electron chi connectivity index (χ1n) is 6.24. The van der Waals surface area contributed by atoms with Gasteiger partial charge >= 0.3 is 0 Å². The van der Waals surface area contributed by atoms with E-state index in [2.05, 4.69) is 0 Å². The Morgan fingerprint density at radius 2 is 1.80 bits per heavy atom. The van der Waals surface area contributed by atoms with Crippen molar-refractivity contribution in [2.24, 2.45) is 0 Å². The Morgan fingerprint density at radius 1 is 1.15 bits per heavy atom. The Hall–Kier alpha value is -2.00. The lowest BCUT2D eigenvalue weighted by molar-refractivity contribution is 0.0784. The molecule has 1 amide bonds. The largest absolute Gasteiger partial charge is 0.496 e. The van der Waals surface area contributed by atoms with Crippen LogP contribution in [0.3, 0.4) is 0 Å². The van der Waals surface area contributed by atoms with Gasteiger partial charge in [-0.25, -0.2) is 0 Å². The van der Waals surface area contributed by atoms with Crippen molar-refractivity contribution in [1.29, 1.82) is 0 Å². The molecule has 0 N–H and O–H groups in total. The number of carbonyl (C=O) groups is 1. The number of rotatable bonds is 4. The highest BCUT2D eigenvalue weighted by molar-refractivity contribution is 6.30. The second kappa shape index (κ2) is 6.44. The molecule has 0 radical (unpaired) electrons. The predicted molar refractivity (Wildman–Crippen MR) is 80.2 cm³/mol. The molecule has 0 aliphatic rings. The van der Waals surface area contributed by atoms with Gasteiger partial charge in [0.1, 0.15) is 5.75 Å². The van der Waals surface area contributed by atoms with Crippen LogP contribution in [0.25, 0.3) is 0 Å². The molecule has 0 aliphatic carbocycles. The smallest absolute Gasteiger partial charge is 0.253 e. The molecule has 20 heavy (non-hydrogen) atoms. The van der Waals surface area contributed by atoms with Crippen molar-refractivity contribution in [3.63, 3.8) is 0 Å². The van der Waals surface area contributed by atoms with Gasteiger partial charge in [-0.1, -0.05) is 29.8 Å². The van der Waals surface area contributed by atoms with Crippen molar-refractivity contribution < 1.29 is 9.53 Å². The Labute approximate surface area is 123 Å². The van der Waals surface area contributed by atoms with Crippen LogP contribution >= 0.6 is 11.6 Å². The van der Waals surface area contributed by atoms with Gasteiger partial charge < -0.3 is 9.64 Å². The highest BCUT2D eigenvalue weighted by atomic mass is 35.5. The molecule has 0 unspecified atom stereocenters. The van der Waals surface area contributed by atoms with E-state index in [4.69, 9.17) is 16.3 Å². The topological polar surface area (TPSA) is 29.5 Å². The van der Waals surface area contributed by atoms with Crippen LogP contribution in [-0.4, -0.2) is 25.0 Å². The number of nitrogens with zero attached hydrogens (tertiary/aromatic N) is 1. The van der Waals surface area contributed by atoms with Crippen LogP contribution in [-0.2, 0) is 6.54 Å². The number of benzene rings is 2. The SMILES string of the molecule is COc1ccccc1CN(C)C(=O)c1ccc(Cl)cc1. The lowest BCUT2D eigenvalue weighted by Crippen LogP contribution is -2.26. The molecule has 0 fully saturated rings. The van der Waals surface area contributed by atoms with E-state index in [1.165, 1.54) is 0 Å². The Kier molecular flexibility index (Phi) is 4.64. The standard InChI is InChI=1S/C16H16ClNO2/c1-18(11-13-5-3-4-6-15(13)20-2)16(19)12-7-9-14(17)10-8-12/h3-10H,11H2,1-2H3. The summed E-state index contributed by atoms with van der Waals surface area (Å²) in [4.78, 5) is 14.0. The summed E-state index contributed by atoms with van der Waals surface area (Å²) in [5, 5.41) is 0.619. The molecule has 2 aromatic carbocycles. The van der Waals surface area contributed by atoms with Gasteiger partial charge in [0, 0.05) is 29.7 Å². The fourth-order valence-corrected chi connectivity index (χ4v) is 2.10. The number of para-hydroxylation sites is 1. The quantitative estimate of drug-likeness (QED) is 0.860. The number of hydrogen-bond acceptors (Lipinski definition) is 2. The van der Waals surface area contributed by atoms with Gasteiger partial charge in [-0.3, -0.25) is 4.79 Å². The summed E-state index contributed by atoms with van der Waals surface area (Å²) in [7, 11) is 3.39. The van der Waals surface area contributed by atoms with Crippen LogP contribution < -0.4 is 4.74 Å². The maximum atomic E-state index is 12.3. The molecule has 0 atom stereocenters. The summed E-state index contributed by atoms with van der Waals surface area (Å²) >= 11 is 5.82. The van der Waals surface area contributed by atoms with Crippen molar-refractivity contribution in [2.45, 2.75) is 6.54 Å². The molecule has 0 heterocycles. The third-order valence-electron chi connectivity index (χ3n) is 3.04. The zero-order chi connectivity index (χ0) is 14.5. The lowest BCUT2D eigenvalue weighted by atomic mass is 10.1. The Balaban J connectivity index is 2.13. The lowest BCUT2D eigenvalue weighted by Gasteiger charge is -2.19. The van der Waals surface area contributed by atoms with E-state index in [0.717, 1.165) is 11.3 Å². The molecule has 0 saturated heterocycles. The van der Waals surface area contributed by atoms with Crippen molar-refractivity contribution in [1.82, 2.24) is 4.90 Å². The van der Waals surface area contributed by atoms with E-state index in [-0.39, 0.29) is 5.91 Å². The first-order chi connectivity index (χ1) is 9.61. The number of methoxy groups -OCH3 is 1. The molecule has 0 spiro atoms. The molecule has 4 heteroatoms. The summed E-state index contributed by atoms with van der Waals surface area (Å²) in [5.41, 5.74) is 1.59. The minimum Gasteiger partial charge on any atom is -0.496 e. The summed E-state index contributed by atoms with van der Waals surface area (Å²) in [6.07, 6.45) is 0. The van der Waals surface area contributed by atoms with Crippen LogP contribution in [0.1, 0.15) is 15.9 Å². The third-order valence-corrected chi connectivity index (χ3v) is 3.29. The highest BCUT2D eigenvalue weighted by Gasteiger charge is 2.13. The van der Waals surface area contributed by atoms with Crippen LogP contribution in [0.5, 0.6) is 5.75 Å². The minimum atomic E-state index is -0.0485. The number of halogens is 1. The van der Waals surface area contributed by atoms with Crippen molar-refractivity contribution in [3.8, 4) is 5.75 Å². The van der Waals surface area contributed by atoms with E-state index in [1.54, 1.807) is 43.3 Å². The first kappa shape index (κ1) is 14.4. The second-order valence-corrected chi connectivity index (χ2v) is 4.92. The first-order valence-corrected chi connectivity index (χ1v) is 6.62. The molecule has 0 bridgehead atoms. The van der Waals surface area contributed by atoms with Crippen LogP contribution in [0.15, 0.2) is 48.5 Å². The minimum absolute atomic E-state index is 0.0485. The van der Waals surface area contributed by atoms with Gasteiger partial charge in [-0.2, -0.15) is 0 Å². The van der Waals surface area contributed by atoms with Crippen molar-refractivity contribution in [2.75, 3.05) is 14.2 Å². The molecule has 2 rings (SSSR count). The van der Waals surface area contributed by atoms with Crippen LogP contribution in [0.2, 0.25) is 5.02 Å². The molecule has 0 saturated carbocycles. The van der Waals surface area contributed by atoms with Gasteiger partial charge in [0.2, 0.25) is 0 Å². The number of hydrogen-bond donors (Lipinski definition) is 0. The fourth-order valence-electron chi connectivity index (χ4n) is 1.97. The fraction of sp³-hybridized carbons (Fsp3) is 0.188. The van der Waals surface area contributed by atoms with Gasteiger partial charge in [0.05, 0.1) is 7.11 Å². The molecule has 0 aromatic heterocycles. The number of ether oxygens (including phenoxy) is 1. The van der Waals surface area contributed by atoms with Gasteiger partial charge in [0.15, 0.2) is 0 Å². The molecule has 3 nitrogen and oxygen atoms in total. The van der Waals surface area contributed by atoms with Gasteiger partial charge in [0.25, 0.3) is 5.91 Å². The monoisotopic (exact) mass is 289 g/mol. The molecular weight excluding hydrogens is 274 g/mol. The Morgan fingerprint density at radius 3 is 2.45 bits per heavy atom. The summed E-state index contributed by atoms with van der Waals surface area (Å²) in [6, 6.07) is 14.5. The van der Waals surface area contributed by atoms with Crippen LogP contribution in [0.4, 0.5) is 0 Å². The average Bonchev–Trinajstić information content (AvgIpc) is 2.48. The normalized spacial score (nSPS) is 10.2. The number of amides is 1. The maximum Gasteiger partial charge on any atom is 0.253 e. The second-order valence-electron chi connectivity index (χ2n) is 4.48. The summed E-state index contributed by atoms with van der Waals surface area (Å²) in [5.74, 6) is 0.732. The third kappa shape index (κ3) is 3.31. The maximum absolute atomic E-state index is 12.3. The van der Waals surface area contributed by atoms with E-state index >= 15 is 0 Å². The highest BCUT2D eigenvalue weighted by Crippen LogP contribution is 2.20. The zero-order valence-corrected chi connectivity index (χ0v) is 12.2. The van der Waals surface area contributed by atoms with Gasteiger partial charge in [-0.05, 0) is 30.3 Å². The van der Waals surface area contributed by atoms with E-state index < -0.39 is 0 Å². The van der Waals surface area contributed by atoms with Crippen molar-refractivity contribution >= 4 is 17.5 Å². The predicted octanol–water partition coefficient (Wildman–Crippen LogP) is 3.62. The van der Waals surface area contributed by atoms with Crippen molar-refractivity contribution in [3.05, 3.63) is 64.7 Å². The summed E-state index contributed by atoms with van der Waals surface area (Å²) in [6.45, 7) is 0.492. The van der Waals surface area contributed by atoms with E-state index in [0.29, 0.717) is 17.1 Å².